The molecule has 1 unspecified atom stereocenters. The molecule has 2 N–H and O–H groups in total. The van der Waals surface area contributed by atoms with Crippen LogP contribution in [0.25, 0.3) is 6.08 Å². The van der Waals surface area contributed by atoms with E-state index in [1.54, 1.807) is 17.7 Å². The Bertz CT molecular complexity index is 375. The first-order valence-electron chi connectivity index (χ1n) is 3.42. The van der Waals surface area contributed by atoms with Crippen LogP contribution in [0.1, 0.15) is 11.3 Å². The highest BCUT2D eigenvalue weighted by Gasteiger charge is 2.10. The van der Waals surface area contributed by atoms with Gasteiger partial charge in [0.1, 0.15) is 0 Å². The van der Waals surface area contributed by atoms with Crippen LogP contribution >= 0.6 is 0 Å². The minimum absolute atomic E-state index is 0.256. The van der Waals surface area contributed by atoms with Gasteiger partial charge in [-0.2, -0.15) is 0 Å². The lowest BCUT2D eigenvalue weighted by atomic mass is 10.2. The maximum Gasteiger partial charge on any atom is 0.220 e. The minimum atomic E-state index is -0.910. The van der Waals surface area contributed by atoms with Crippen LogP contribution in [-0.2, 0) is 16.6 Å². The second-order valence-corrected chi connectivity index (χ2v) is 3.79. The molecule has 5 heteroatoms. The topological polar surface area (TPSA) is 68.9 Å². The quantitative estimate of drug-likeness (QED) is 0.624. The van der Waals surface area contributed by atoms with Crippen molar-refractivity contribution in [3.05, 3.63) is 22.9 Å². The number of rotatable bonds is 0. The Balaban J connectivity index is 2.54. The van der Waals surface area contributed by atoms with Gasteiger partial charge in [-0.15, -0.1) is 0 Å². The van der Waals surface area contributed by atoms with Crippen molar-refractivity contribution in [2.24, 2.45) is 0 Å². The first-order valence-corrected chi connectivity index (χ1v) is 4.81. The van der Waals surface area contributed by atoms with Crippen molar-refractivity contribution in [1.29, 1.82) is 0 Å². The van der Waals surface area contributed by atoms with Crippen LogP contribution in [-0.4, -0.2) is 14.2 Å². The number of hydrogen-bond acceptors (Lipinski definition) is 4. The largest absolute Gasteiger partial charge is 0.368 e. The maximum atomic E-state index is 11.0. The van der Waals surface area contributed by atoms with E-state index in [0.717, 1.165) is 11.3 Å². The van der Waals surface area contributed by atoms with Crippen molar-refractivity contribution in [3.8, 4) is 0 Å². The van der Waals surface area contributed by atoms with E-state index in [0.29, 0.717) is 5.75 Å². The predicted octanol–water partition coefficient (Wildman–Crippen LogP) is 0.292. The molecular weight excluding hydrogens is 174 g/mol. The zero-order chi connectivity index (χ0) is 8.55. The van der Waals surface area contributed by atoms with Crippen LogP contribution in [0.5, 0.6) is 0 Å². The maximum absolute atomic E-state index is 11.0. The second-order valence-electron chi connectivity index (χ2n) is 2.47. The van der Waals surface area contributed by atoms with Gasteiger partial charge < -0.3 is 5.73 Å². The molecule has 4 nitrogen and oxygen atoms in total. The summed E-state index contributed by atoms with van der Waals surface area (Å²) in [6, 6.07) is 0. The molecule has 1 aliphatic rings. The first kappa shape index (κ1) is 7.42. The molecule has 0 aromatic carbocycles. The fourth-order valence-electron chi connectivity index (χ4n) is 1.03. The van der Waals surface area contributed by atoms with E-state index >= 15 is 0 Å². The van der Waals surface area contributed by atoms with E-state index in [2.05, 4.69) is 9.97 Å². The van der Waals surface area contributed by atoms with Gasteiger partial charge in [-0.3, -0.25) is 4.21 Å². The molecule has 1 aromatic rings. The highest BCUT2D eigenvalue weighted by atomic mass is 32.2. The number of nitrogens with two attached hydrogens (primary N) is 1. The minimum Gasteiger partial charge on any atom is -0.368 e. The standard InChI is InChI=1S/C7H7N3OS/c8-7-9-3-5-4-12(11)2-1-6(5)10-7/h1-3H,4H2,(H2,8,9,10). The fraction of sp³-hybridized carbons (Fsp3) is 0.143. The number of aromatic nitrogens is 2. The number of nitrogen functional groups attached to an aromatic ring is 1. The first-order chi connectivity index (χ1) is 5.75. The van der Waals surface area contributed by atoms with Gasteiger partial charge in [-0.1, -0.05) is 0 Å². The van der Waals surface area contributed by atoms with Crippen molar-refractivity contribution in [2.75, 3.05) is 5.73 Å². The summed E-state index contributed by atoms with van der Waals surface area (Å²) in [4.78, 5) is 7.82. The van der Waals surface area contributed by atoms with E-state index in [1.165, 1.54) is 0 Å². The molecule has 62 valence electrons. The van der Waals surface area contributed by atoms with E-state index in [9.17, 15) is 4.21 Å². The van der Waals surface area contributed by atoms with Crippen LogP contribution in [0.2, 0.25) is 0 Å². The Hall–Kier alpha value is -1.23. The van der Waals surface area contributed by atoms with Gasteiger partial charge in [0, 0.05) is 17.2 Å². The monoisotopic (exact) mass is 181 g/mol. The van der Waals surface area contributed by atoms with Crippen LogP contribution in [0, 0.1) is 0 Å². The lowest BCUT2D eigenvalue weighted by Gasteiger charge is -2.07. The zero-order valence-corrected chi connectivity index (χ0v) is 7.04. The normalized spacial score (nSPS) is 20.5. The summed E-state index contributed by atoms with van der Waals surface area (Å²) in [6.07, 6.45) is 3.34. The molecule has 0 amide bonds. The second kappa shape index (κ2) is 2.67. The molecule has 0 saturated carbocycles. The summed E-state index contributed by atoms with van der Waals surface area (Å²) in [7, 11) is -0.910. The zero-order valence-electron chi connectivity index (χ0n) is 6.23. The summed E-state index contributed by atoms with van der Waals surface area (Å²) >= 11 is 0. The van der Waals surface area contributed by atoms with Crippen molar-refractivity contribution in [2.45, 2.75) is 5.75 Å². The van der Waals surface area contributed by atoms with Gasteiger partial charge in [0.15, 0.2) is 0 Å². The van der Waals surface area contributed by atoms with Crippen LogP contribution in [0.4, 0.5) is 5.95 Å². The Kier molecular flexibility index (Phi) is 1.65. The molecule has 0 aliphatic carbocycles. The molecule has 0 saturated heterocycles. The van der Waals surface area contributed by atoms with E-state index < -0.39 is 10.8 Å². The van der Waals surface area contributed by atoms with E-state index in [4.69, 9.17) is 5.73 Å². The van der Waals surface area contributed by atoms with Gasteiger partial charge in [0.2, 0.25) is 5.95 Å². The third-order valence-corrected chi connectivity index (χ3v) is 2.63. The fourth-order valence-corrected chi connectivity index (χ4v) is 1.94. The summed E-state index contributed by atoms with van der Waals surface area (Å²) in [5.74, 6) is 0.748. The molecule has 1 aliphatic heterocycles. The van der Waals surface area contributed by atoms with Crippen molar-refractivity contribution in [3.63, 3.8) is 0 Å². The van der Waals surface area contributed by atoms with Gasteiger partial charge in [0.05, 0.1) is 22.2 Å². The third-order valence-electron chi connectivity index (χ3n) is 1.59. The van der Waals surface area contributed by atoms with Crippen molar-refractivity contribution < 1.29 is 4.21 Å². The molecule has 0 fully saturated rings. The highest BCUT2D eigenvalue weighted by molar-refractivity contribution is 7.87. The molecule has 0 bridgehead atoms. The molecule has 0 spiro atoms. The predicted molar refractivity (Wildman–Crippen MR) is 47.3 cm³/mol. The lowest BCUT2D eigenvalue weighted by molar-refractivity contribution is 0.687. The van der Waals surface area contributed by atoms with Crippen LogP contribution in [0.15, 0.2) is 11.6 Å². The lowest BCUT2D eigenvalue weighted by Crippen LogP contribution is -2.05. The van der Waals surface area contributed by atoms with Gasteiger partial charge in [-0.25, -0.2) is 9.97 Å². The number of anilines is 1. The SMILES string of the molecule is Nc1ncc2c(n1)C=CS(=O)C2. The van der Waals surface area contributed by atoms with E-state index in [-0.39, 0.29) is 5.95 Å². The average molecular weight is 181 g/mol. The van der Waals surface area contributed by atoms with Crippen molar-refractivity contribution in [1.82, 2.24) is 9.97 Å². The van der Waals surface area contributed by atoms with Crippen molar-refractivity contribution >= 4 is 22.8 Å². The molecule has 12 heavy (non-hydrogen) atoms. The van der Waals surface area contributed by atoms with E-state index in [1.807, 2.05) is 0 Å². The molecule has 1 atom stereocenters. The molecule has 1 aromatic heterocycles. The van der Waals surface area contributed by atoms with Gasteiger partial charge in [0.25, 0.3) is 0 Å². The Morgan fingerprint density at radius 2 is 2.42 bits per heavy atom. The Labute approximate surface area is 72.0 Å². The molecular formula is C7H7N3OS. The number of nitrogens with zero attached hydrogens (tertiary/aromatic N) is 2. The summed E-state index contributed by atoms with van der Waals surface area (Å²) in [6.45, 7) is 0. The molecule has 0 radical (unpaired) electrons. The Morgan fingerprint density at radius 3 is 3.25 bits per heavy atom. The summed E-state index contributed by atoms with van der Waals surface area (Å²) in [5, 5.41) is 1.62. The highest BCUT2D eigenvalue weighted by Crippen LogP contribution is 2.16. The van der Waals surface area contributed by atoms with Crippen LogP contribution in [0.3, 0.4) is 0 Å². The van der Waals surface area contributed by atoms with Gasteiger partial charge in [-0.05, 0) is 6.08 Å². The van der Waals surface area contributed by atoms with Gasteiger partial charge >= 0.3 is 0 Å². The third kappa shape index (κ3) is 1.23. The number of fused-ring (bicyclic) bond motifs is 1. The molecule has 2 heterocycles. The molecule has 2 rings (SSSR count). The average Bonchev–Trinajstić information content (AvgIpc) is 2.05. The number of hydrogen-bond donors (Lipinski definition) is 1. The summed E-state index contributed by atoms with van der Waals surface area (Å²) in [5.41, 5.74) is 7.06. The summed E-state index contributed by atoms with van der Waals surface area (Å²) < 4.78 is 11.0. The smallest absolute Gasteiger partial charge is 0.220 e. The van der Waals surface area contributed by atoms with Crippen LogP contribution < -0.4 is 5.73 Å². The Morgan fingerprint density at radius 1 is 1.58 bits per heavy atom.